The monoisotopic (exact) mass is 500 g/mol. The molecule has 0 spiro atoms. The van der Waals surface area contributed by atoms with Gasteiger partial charge in [-0.3, -0.25) is 4.79 Å². The van der Waals surface area contributed by atoms with Gasteiger partial charge in [-0.05, 0) is 59.5 Å². The fourth-order valence-corrected chi connectivity index (χ4v) is 5.51. The fraction of sp³-hybridized carbons (Fsp3) is 0.478. The van der Waals surface area contributed by atoms with Crippen LogP contribution in [-0.4, -0.2) is 34.1 Å². The summed E-state index contributed by atoms with van der Waals surface area (Å²) in [5.74, 6) is -0.555. The summed E-state index contributed by atoms with van der Waals surface area (Å²) in [6, 6.07) is 10.6. The summed E-state index contributed by atoms with van der Waals surface area (Å²) in [6.45, 7) is 0.975. The Balaban J connectivity index is 2.03. The van der Waals surface area contributed by atoms with Crippen LogP contribution in [0.15, 0.2) is 36.4 Å². The van der Waals surface area contributed by atoms with Crippen LogP contribution in [0.3, 0.4) is 0 Å². The highest BCUT2D eigenvalue weighted by atomic mass is 35.7. The van der Waals surface area contributed by atoms with Gasteiger partial charge in [0.2, 0.25) is 17.7 Å². The third-order valence-electron chi connectivity index (χ3n) is 6.07. The number of benzene rings is 1. The molecule has 10 heteroatoms. The first kappa shape index (κ1) is 25.4. The summed E-state index contributed by atoms with van der Waals surface area (Å²) < 4.78 is 47.3. The molecule has 1 amide bonds. The molecule has 1 atom stereocenters. The van der Waals surface area contributed by atoms with Gasteiger partial charge in [0, 0.05) is 11.3 Å². The Morgan fingerprint density at radius 3 is 2.45 bits per heavy atom. The lowest BCUT2D eigenvalue weighted by Crippen LogP contribution is -2.45. The first-order chi connectivity index (χ1) is 15.7. The molecule has 0 bridgehead atoms. The van der Waals surface area contributed by atoms with Crippen molar-refractivity contribution >= 4 is 32.3 Å². The highest BCUT2D eigenvalue weighted by Crippen LogP contribution is 2.45. The number of nitrogens with zero attached hydrogens (tertiary/aromatic N) is 1. The number of carbonyl (C=O) groups excluding carboxylic acids is 1. The van der Waals surface area contributed by atoms with Gasteiger partial charge in [-0.2, -0.15) is 13.8 Å². The summed E-state index contributed by atoms with van der Waals surface area (Å²) in [5, 5.41) is 2.55. The van der Waals surface area contributed by atoms with Crippen LogP contribution in [0.4, 0.5) is 14.5 Å². The zero-order chi connectivity index (χ0) is 24.2. The summed E-state index contributed by atoms with van der Waals surface area (Å²) in [7, 11) is 5.69. The van der Waals surface area contributed by atoms with Gasteiger partial charge < -0.3 is 14.8 Å². The normalized spacial score (nSPS) is 21.6. The first-order valence-corrected chi connectivity index (χ1v) is 12.7. The van der Waals surface area contributed by atoms with Crippen molar-refractivity contribution in [3.8, 4) is 11.8 Å². The number of methoxy groups -OCH3 is 1. The average Bonchev–Trinajstić information content (AvgIpc) is 2.79. The molecule has 1 aliphatic carbocycles. The van der Waals surface area contributed by atoms with E-state index < -0.39 is 27.9 Å². The summed E-state index contributed by atoms with van der Waals surface area (Å²) >= 11 is 0. The van der Waals surface area contributed by atoms with Crippen LogP contribution in [0.1, 0.15) is 56.6 Å². The number of hydrogen-bond donors (Lipinski definition) is 1. The average molecular weight is 501 g/mol. The molecule has 0 radical (unpaired) electrons. The van der Waals surface area contributed by atoms with Crippen LogP contribution in [0.2, 0.25) is 0 Å². The van der Waals surface area contributed by atoms with E-state index in [2.05, 4.69) is 15.0 Å². The molecule has 0 aliphatic heterocycles. The molecule has 1 saturated carbocycles. The zero-order valence-electron chi connectivity index (χ0n) is 18.6. The number of nitrogens with one attached hydrogen (secondary N) is 1. The van der Waals surface area contributed by atoms with Crippen LogP contribution < -0.4 is 14.8 Å². The van der Waals surface area contributed by atoms with Crippen molar-refractivity contribution in [2.45, 2.75) is 62.7 Å². The van der Waals surface area contributed by atoms with Gasteiger partial charge in [-0.15, -0.1) is 0 Å². The topological polar surface area (TPSA) is 77.5 Å². The van der Waals surface area contributed by atoms with E-state index in [1.807, 2.05) is 38.1 Å². The van der Waals surface area contributed by atoms with Crippen LogP contribution in [0.25, 0.3) is 0 Å². The van der Waals surface area contributed by atoms with Crippen LogP contribution >= 0.6 is 10.7 Å². The molecule has 1 N–H and O–H groups in total. The standard InChI is InChI=1S/C23H27ClF2N2O4S/c1-14(2)16-6-4-5-7-17(16)23(12-10-15(11-13-23)33(24)30)21(29)27-18-8-9-19(31-3)28-20(18)32-22(25)26/h4-9,14-15,22H,10-13H2,1-3H3,(H,27,29). The molecular weight excluding hydrogens is 474 g/mol. The second kappa shape index (κ2) is 10.8. The van der Waals surface area contributed by atoms with Gasteiger partial charge in [0.1, 0.15) is 15.7 Å². The van der Waals surface area contributed by atoms with Gasteiger partial charge in [-0.25, -0.2) is 4.21 Å². The molecule has 1 aliphatic rings. The summed E-state index contributed by atoms with van der Waals surface area (Å²) in [5.41, 5.74) is 0.963. The zero-order valence-corrected chi connectivity index (χ0v) is 20.2. The molecule has 1 unspecified atom stereocenters. The number of carbonyl (C=O) groups is 1. The molecule has 1 heterocycles. The Morgan fingerprint density at radius 2 is 1.88 bits per heavy atom. The number of ether oxygens (including phenoxy) is 2. The lowest BCUT2D eigenvalue weighted by Gasteiger charge is -2.40. The van der Waals surface area contributed by atoms with Crippen molar-refractivity contribution in [2.75, 3.05) is 12.4 Å². The van der Waals surface area contributed by atoms with Crippen LogP contribution in [-0.2, 0) is 20.2 Å². The first-order valence-electron chi connectivity index (χ1n) is 10.7. The van der Waals surface area contributed by atoms with Crippen molar-refractivity contribution in [1.82, 2.24) is 4.98 Å². The quantitative estimate of drug-likeness (QED) is 0.482. The Bertz CT molecular complexity index is 1010. The van der Waals surface area contributed by atoms with Crippen LogP contribution in [0, 0.1) is 0 Å². The largest absolute Gasteiger partial charge is 0.481 e. The molecule has 1 aromatic carbocycles. The highest BCUT2D eigenvalue weighted by Gasteiger charge is 2.45. The predicted octanol–water partition coefficient (Wildman–Crippen LogP) is 5.54. The molecular formula is C23H27ClF2N2O4S. The number of aromatic nitrogens is 1. The third kappa shape index (κ3) is 5.63. The Kier molecular flexibility index (Phi) is 8.28. The second-order valence-corrected chi connectivity index (χ2v) is 10.4. The molecule has 2 aromatic rings. The van der Waals surface area contributed by atoms with Crippen molar-refractivity contribution in [3.05, 3.63) is 47.5 Å². The maximum Gasteiger partial charge on any atom is 0.388 e. The van der Waals surface area contributed by atoms with Gasteiger partial charge in [0.25, 0.3) is 0 Å². The van der Waals surface area contributed by atoms with E-state index >= 15 is 0 Å². The molecule has 0 saturated heterocycles. The third-order valence-corrected chi connectivity index (χ3v) is 7.83. The van der Waals surface area contributed by atoms with Crippen molar-refractivity contribution in [1.29, 1.82) is 0 Å². The SMILES string of the molecule is COc1ccc(NC(=O)C2(c3ccccc3C(C)C)CCC(S(=O)Cl)CC2)c(OC(F)F)n1. The fourth-order valence-electron chi connectivity index (χ4n) is 4.37. The smallest absolute Gasteiger partial charge is 0.388 e. The maximum atomic E-state index is 13.8. The number of pyridine rings is 1. The molecule has 6 nitrogen and oxygen atoms in total. The molecule has 33 heavy (non-hydrogen) atoms. The van der Waals surface area contributed by atoms with Crippen molar-refractivity contribution < 1.29 is 27.3 Å². The minimum atomic E-state index is -3.12. The van der Waals surface area contributed by atoms with E-state index in [0.29, 0.717) is 25.7 Å². The van der Waals surface area contributed by atoms with E-state index in [-0.39, 0.29) is 28.6 Å². The van der Waals surface area contributed by atoms with Gasteiger partial charge in [-0.1, -0.05) is 38.1 Å². The maximum absolute atomic E-state index is 13.8. The number of amides is 1. The summed E-state index contributed by atoms with van der Waals surface area (Å²) in [6.07, 6.45) is 1.83. The summed E-state index contributed by atoms with van der Waals surface area (Å²) in [4.78, 5) is 17.7. The second-order valence-electron chi connectivity index (χ2n) is 8.31. The van der Waals surface area contributed by atoms with E-state index in [1.165, 1.54) is 19.2 Å². The lowest BCUT2D eigenvalue weighted by atomic mass is 9.66. The van der Waals surface area contributed by atoms with Crippen molar-refractivity contribution in [3.63, 3.8) is 0 Å². The highest BCUT2D eigenvalue weighted by molar-refractivity contribution is 8.08. The molecule has 180 valence electrons. The van der Waals surface area contributed by atoms with Crippen LogP contribution in [0.5, 0.6) is 11.8 Å². The lowest BCUT2D eigenvalue weighted by molar-refractivity contribution is -0.122. The molecule has 1 fully saturated rings. The van der Waals surface area contributed by atoms with Gasteiger partial charge in [0.15, 0.2) is 0 Å². The minimum absolute atomic E-state index is 0.0190. The van der Waals surface area contributed by atoms with E-state index in [9.17, 15) is 17.8 Å². The van der Waals surface area contributed by atoms with Gasteiger partial charge >= 0.3 is 6.61 Å². The predicted molar refractivity (Wildman–Crippen MR) is 125 cm³/mol. The van der Waals surface area contributed by atoms with Crippen molar-refractivity contribution in [2.24, 2.45) is 0 Å². The Morgan fingerprint density at radius 1 is 1.21 bits per heavy atom. The Hall–Kier alpha value is -2.26. The van der Waals surface area contributed by atoms with E-state index in [0.717, 1.165) is 11.1 Å². The van der Waals surface area contributed by atoms with Gasteiger partial charge in [0.05, 0.1) is 12.5 Å². The molecule has 1 aromatic heterocycles. The van der Waals surface area contributed by atoms with E-state index in [1.54, 1.807) is 0 Å². The number of alkyl halides is 2. The molecule has 3 rings (SSSR count). The minimum Gasteiger partial charge on any atom is -0.481 e. The number of rotatable bonds is 8. The van der Waals surface area contributed by atoms with E-state index in [4.69, 9.17) is 15.4 Å². The number of hydrogen-bond acceptors (Lipinski definition) is 5. The Labute approximate surface area is 199 Å². The number of anilines is 1. The number of halogens is 3.